The number of rotatable bonds is 4. The van der Waals surface area contributed by atoms with E-state index in [1.165, 1.54) is 4.90 Å². The number of imide groups is 1. The standard InChI is InChI=1S/C31H23N3O4/c1-38-23-14-11-19(12-15-23)29(35)28-26-25(27-24-9-5-4-8-21(24)17-32-34(27)28)30(36)33(31(26)37)22-13-10-18-6-2-3-7-20(18)16-22/h2-17,25-28H,1H3. The van der Waals surface area contributed by atoms with Crippen molar-refractivity contribution < 1.29 is 19.1 Å². The predicted octanol–water partition coefficient (Wildman–Crippen LogP) is 4.61. The van der Waals surface area contributed by atoms with Crippen LogP contribution in [0, 0.1) is 11.8 Å². The van der Waals surface area contributed by atoms with Crippen LogP contribution < -0.4 is 9.64 Å². The summed E-state index contributed by atoms with van der Waals surface area (Å²) in [7, 11) is 1.56. The Balaban J connectivity index is 1.35. The highest BCUT2D eigenvalue weighted by Crippen LogP contribution is 2.53. The number of hydrogen-bond acceptors (Lipinski definition) is 6. The molecule has 38 heavy (non-hydrogen) atoms. The van der Waals surface area contributed by atoms with Crippen molar-refractivity contribution in [2.45, 2.75) is 12.1 Å². The number of hydrogen-bond donors (Lipinski definition) is 0. The molecule has 7 nitrogen and oxygen atoms in total. The Hall–Kier alpha value is -4.78. The maximum atomic E-state index is 14.1. The molecule has 3 heterocycles. The Kier molecular flexibility index (Phi) is 4.94. The lowest BCUT2D eigenvalue weighted by atomic mass is 9.83. The zero-order valence-electron chi connectivity index (χ0n) is 20.5. The highest BCUT2D eigenvalue weighted by molar-refractivity contribution is 6.25. The Labute approximate surface area is 218 Å². The van der Waals surface area contributed by atoms with Gasteiger partial charge < -0.3 is 4.74 Å². The first-order valence-electron chi connectivity index (χ1n) is 12.5. The number of ketones is 1. The number of carbonyl (C=O) groups is 3. The molecule has 3 aliphatic heterocycles. The molecule has 0 spiro atoms. The fourth-order valence-electron chi connectivity index (χ4n) is 6.16. The van der Waals surface area contributed by atoms with Gasteiger partial charge in [-0.15, -0.1) is 0 Å². The second-order valence-corrected chi connectivity index (χ2v) is 9.83. The van der Waals surface area contributed by atoms with Gasteiger partial charge in [0.1, 0.15) is 11.8 Å². The highest BCUT2D eigenvalue weighted by atomic mass is 16.5. The van der Waals surface area contributed by atoms with E-state index in [-0.39, 0.29) is 17.6 Å². The Morgan fingerprint density at radius 3 is 2.32 bits per heavy atom. The van der Waals surface area contributed by atoms with Crippen molar-refractivity contribution in [1.29, 1.82) is 0 Å². The molecule has 0 saturated carbocycles. The van der Waals surface area contributed by atoms with E-state index in [1.807, 2.05) is 60.7 Å². The summed E-state index contributed by atoms with van der Waals surface area (Å²) in [5.41, 5.74) is 2.73. The van der Waals surface area contributed by atoms with Crippen LogP contribution in [0.25, 0.3) is 10.8 Å². The third-order valence-electron chi connectivity index (χ3n) is 7.93. The summed E-state index contributed by atoms with van der Waals surface area (Å²) in [6.07, 6.45) is 1.71. The van der Waals surface area contributed by atoms with E-state index in [0.29, 0.717) is 17.0 Å². The van der Waals surface area contributed by atoms with E-state index in [2.05, 4.69) is 5.10 Å². The van der Waals surface area contributed by atoms with Gasteiger partial charge in [-0.25, -0.2) is 4.90 Å². The number of anilines is 1. The van der Waals surface area contributed by atoms with Crippen molar-refractivity contribution in [2.75, 3.05) is 12.0 Å². The van der Waals surface area contributed by atoms with Crippen LogP contribution in [-0.2, 0) is 9.59 Å². The number of hydrazone groups is 1. The number of Topliss-reactive ketones (excluding diaryl/α,β-unsaturated/α-hetero) is 1. The van der Waals surface area contributed by atoms with E-state index < -0.39 is 23.9 Å². The number of methoxy groups -OCH3 is 1. The van der Waals surface area contributed by atoms with Crippen LogP contribution >= 0.6 is 0 Å². The van der Waals surface area contributed by atoms with Gasteiger partial charge in [0, 0.05) is 5.56 Å². The molecule has 4 aromatic rings. The molecule has 0 radical (unpaired) electrons. The molecule has 0 N–H and O–H groups in total. The lowest BCUT2D eigenvalue weighted by Crippen LogP contribution is -2.44. The van der Waals surface area contributed by atoms with Crippen molar-refractivity contribution in [3.05, 3.63) is 108 Å². The molecule has 4 aromatic carbocycles. The molecule has 3 aliphatic rings. The summed E-state index contributed by atoms with van der Waals surface area (Å²) < 4.78 is 5.24. The second kappa shape index (κ2) is 8.38. The largest absolute Gasteiger partial charge is 0.497 e. The molecular formula is C31H23N3O4. The Morgan fingerprint density at radius 1 is 0.816 bits per heavy atom. The highest BCUT2D eigenvalue weighted by Gasteiger charge is 2.65. The normalized spacial score (nSPS) is 23.4. The van der Waals surface area contributed by atoms with Gasteiger partial charge in [-0.2, -0.15) is 5.10 Å². The molecule has 2 amide bonds. The van der Waals surface area contributed by atoms with Gasteiger partial charge in [-0.3, -0.25) is 19.4 Å². The molecule has 0 aromatic heterocycles. The lowest BCUT2D eigenvalue weighted by molar-refractivity contribution is -0.124. The first-order valence-corrected chi connectivity index (χ1v) is 12.5. The molecule has 0 aliphatic carbocycles. The lowest BCUT2D eigenvalue weighted by Gasteiger charge is -2.33. The average molecular weight is 502 g/mol. The van der Waals surface area contributed by atoms with Crippen molar-refractivity contribution >= 4 is 40.3 Å². The van der Waals surface area contributed by atoms with Crippen LogP contribution in [0.3, 0.4) is 0 Å². The van der Waals surface area contributed by atoms with Gasteiger partial charge in [-0.05, 0) is 58.3 Å². The van der Waals surface area contributed by atoms with Crippen molar-refractivity contribution in [1.82, 2.24) is 5.01 Å². The first kappa shape index (κ1) is 22.4. The second-order valence-electron chi connectivity index (χ2n) is 9.83. The van der Waals surface area contributed by atoms with Crippen molar-refractivity contribution in [3.8, 4) is 5.75 Å². The maximum absolute atomic E-state index is 14.1. The van der Waals surface area contributed by atoms with E-state index in [1.54, 1.807) is 48.7 Å². The van der Waals surface area contributed by atoms with Crippen molar-refractivity contribution in [2.24, 2.45) is 16.9 Å². The molecule has 186 valence electrons. The van der Waals surface area contributed by atoms with Gasteiger partial charge in [0.05, 0.1) is 36.9 Å². The van der Waals surface area contributed by atoms with Gasteiger partial charge >= 0.3 is 0 Å². The first-order chi connectivity index (χ1) is 18.6. The zero-order valence-corrected chi connectivity index (χ0v) is 20.5. The minimum absolute atomic E-state index is 0.247. The summed E-state index contributed by atoms with van der Waals surface area (Å²) in [5.74, 6) is -1.89. The third kappa shape index (κ3) is 3.14. The molecule has 7 rings (SSSR count). The van der Waals surface area contributed by atoms with Crippen LogP contribution in [0.5, 0.6) is 5.75 Å². The summed E-state index contributed by atoms with van der Waals surface area (Å²) in [6, 6.07) is 26.5. The van der Waals surface area contributed by atoms with Gasteiger partial charge in [0.15, 0.2) is 5.78 Å². The number of ether oxygens (including phenoxy) is 1. The number of nitrogens with zero attached hydrogens (tertiary/aromatic N) is 3. The number of benzene rings is 4. The minimum atomic E-state index is -0.912. The average Bonchev–Trinajstić information content (AvgIpc) is 3.44. The monoisotopic (exact) mass is 501 g/mol. The Morgan fingerprint density at radius 2 is 1.53 bits per heavy atom. The van der Waals surface area contributed by atoms with E-state index in [0.717, 1.165) is 21.9 Å². The molecule has 7 heteroatoms. The van der Waals surface area contributed by atoms with Crippen LogP contribution in [-0.4, -0.2) is 42.0 Å². The molecule has 0 bridgehead atoms. The maximum Gasteiger partial charge on any atom is 0.240 e. The molecular weight excluding hydrogens is 478 g/mol. The predicted molar refractivity (Wildman–Crippen MR) is 143 cm³/mol. The molecule has 4 unspecified atom stereocenters. The minimum Gasteiger partial charge on any atom is -0.497 e. The molecule has 4 atom stereocenters. The topological polar surface area (TPSA) is 79.3 Å². The van der Waals surface area contributed by atoms with E-state index >= 15 is 0 Å². The van der Waals surface area contributed by atoms with E-state index in [9.17, 15) is 14.4 Å². The zero-order chi connectivity index (χ0) is 26.0. The quantitative estimate of drug-likeness (QED) is 0.301. The SMILES string of the molecule is COc1ccc(C(=O)C2C3C(=O)N(c4ccc5ccccc5c4)C(=O)C3C3c4ccccc4C=NN23)cc1. The summed E-state index contributed by atoms with van der Waals surface area (Å²) >= 11 is 0. The van der Waals surface area contributed by atoms with Crippen LogP contribution in [0.2, 0.25) is 0 Å². The van der Waals surface area contributed by atoms with Gasteiger partial charge in [-0.1, -0.05) is 54.6 Å². The fraction of sp³-hybridized carbons (Fsp3) is 0.161. The molecule has 2 saturated heterocycles. The summed E-state index contributed by atoms with van der Waals surface area (Å²) in [5, 5.41) is 8.25. The smallest absolute Gasteiger partial charge is 0.240 e. The van der Waals surface area contributed by atoms with E-state index in [4.69, 9.17) is 4.74 Å². The van der Waals surface area contributed by atoms with Gasteiger partial charge in [0.25, 0.3) is 0 Å². The Bertz CT molecular complexity index is 1660. The fourth-order valence-corrected chi connectivity index (χ4v) is 6.16. The number of amides is 2. The van der Waals surface area contributed by atoms with Crippen LogP contribution in [0.15, 0.2) is 96.1 Å². The van der Waals surface area contributed by atoms with Crippen LogP contribution in [0.1, 0.15) is 27.5 Å². The third-order valence-corrected chi connectivity index (χ3v) is 7.93. The van der Waals surface area contributed by atoms with Gasteiger partial charge in [0.2, 0.25) is 11.8 Å². The number of carbonyl (C=O) groups excluding carboxylic acids is 3. The van der Waals surface area contributed by atoms with Crippen molar-refractivity contribution in [3.63, 3.8) is 0 Å². The number of fused-ring (bicyclic) bond motifs is 6. The van der Waals surface area contributed by atoms with Crippen LogP contribution in [0.4, 0.5) is 5.69 Å². The molecule has 2 fully saturated rings. The summed E-state index contributed by atoms with van der Waals surface area (Å²) in [4.78, 5) is 43.4. The summed E-state index contributed by atoms with van der Waals surface area (Å²) in [6.45, 7) is 0.